The first-order valence-electron chi connectivity index (χ1n) is 5.55. The molecule has 4 nitrogen and oxygen atoms in total. The van der Waals surface area contributed by atoms with Crippen LogP contribution in [-0.4, -0.2) is 41.7 Å². The van der Waals surface area contributed by atoms with E-state index in [9.17, 15) is 9.59 Å². The van der Waals surface area contributed by atoms with Gasteiger partial charge in [0.15, 0.2) is 0 Å². The van der Waals surface area contributed by atoms with E-state index in [-0.39, 0.29) is 29.1 Å². The zero-order chi connectivity index (χ0) is 12.7. The third kappa shape index (κ3) is 5.49. The van der Waals surface area contributed by atoms with Gasteiger partial charge in [0.2, 0.25) is 11.8 Å². The summed E-state index contributed by atoms with van der Waals surface area (Å²) >= 11 is 3.33. The highest BCUT2D eigenvalue weighted by Gasteiger charge is 2.23. The summed E-state index contributed by atoms with van der Waals surface area (Å²) in [6, 6.07) is 0. The van der Waals surface area contributed by atoms with Gasteiger partial charge in [0.1, 0.15) is 0 Å². The molecule has 2 amide bonds. The van der Waals surface area contributed by atoms with Gasteiger partial charge in [-0.15, -0.1) is 0 Å². The van der Waals surface area contributed by atoms with Crippen LogP contribution in [0, 0.1) is 5.92 Å². The van der Waals surface area contributed by atoms with E-state index in [2.05, 4.69) is 21.2 Å². The van der Waals surface area contributed by atoms with Crippen LogP contribution in [0.15, 0.2) is 0 Å². The van der Waals surface area contributed by atoms with Crippen LogP contribution < -0.4 is 5.32 Å². The van der Waals surface area contributed by atoms with Gasteiger partial charge in [-0.3, -0.25) is 9.59 Å². The number of hydrogen-bond acceptors (Lipinski definition) is 2. The zero-order valence-corrected chi connectivity index (χ0v) is 12.0. The summed E-state index contributed by atoms with van der Waals surface area (Å²) in [6.45, 7) is 6.68. The Morgan fingerprint density at radius 2 is 1.94 bits per heavy atom. The molecule has 0 rings (SSSR count). The first-order valence-corrected chi connectivity index (χ1v) is 6.47. The molecular weight excluding hydrogens is 272 g/mol. The minimum absolute atomic E-state index is 0.0540. The van der Waals surface area contributed by atoms with E-state index in [0.29, 0.717) is 6.54 Å². The Hall–Kier alpha value is -0.580. The van der Waals surface area contributed by atoms with E-state index >= 15 is 0 Å². The van der Waals surface area contributed by atoms with Crippen molar-refractivity contribution in [3.63, 3.8) is 0 Å². The highest BCUT2D eigenvalue weighted by Crippen LogP contribution is 2.14. The maximum absolute atomic E-state index is 11.8. The fourth-order valence-corrected chi connectivity index (χ4v) is 1.46. The van der Waals surface area contributed by atoms with E-state index in [4.69, 9.17) is 0 Å². The van der Waals surface area contributed by atoms with Crippen molar-refractivity contribution in [2.45, 2.75) is 32.0 Å². The van der Waals surface area contributed by atoms with Crippen LogP contribution in [0.5, 0.6) is 0 Å². The van der Waals surface area contributed by atoms with Crippen molar-refractivity contribution < 1.29 is 9.59 Å². The summed E-state index contributed by atoms with van der Waals surface area (Å²) in [4.78, 5) is 24.4. The van der Waals surface area contributed by atoms with Gasteiger partial charge in [-0.05, 0) is 12.3 Å². The van der Waals surface area contributed by atoms with Crippen molar-refractivity contribution in [3.8, 4) is 0 Å². The number of carbonyl (C=O) groups is 2. The first-order chi connectivity index (χ1) is 7.40. The molecule has 16 heavy (non-hydrogen) atoms. The second kappa shape index (κ2) is 7.65. The fraction of sp³-hybridized carbons (Fsp3) is 0.818. The average Bonchev–Trinajstić information content (AvgIpc) is 2.23. The monoisotopic (exact) mass is 292 g/mol. The third-order valence-corrected chi connectivity index (χ3v) is 3.60. The first kappa shape index (κ1) is 15.4. The number of hydrogen-bond donors (Lipinski definition) is 1. The maximum Gasteiger partial charge on any atom is 0.239 e. The lowest BCUT2D eigenvalue weighted by molar-refractivity contribution is -0.134. The molecule has 0 fully saturated rings. The Labute approximate surface area is 106 Å². The van der Waals surface area contributed by atoms with Gasteiger partial charge in [-0.2, -0.15) is 0 Å². The molecule has 5 heteroatoms. The molecule has 1 N–H and O–H groups in total. The van der Waals surface area contributed by atoms with Gasteiger partial charge in [0.25, 0.3) is 0 Å². The minimum Gasteiger partial charge on any atom is -0.355 e. The van der Waals surface area contributed by atoms with Gasteiger partial charge in [-0.25, -0.2) is 0 Å². The van der Waals surface area contributed by atoms with Crippen molar-refractivity contribution in [2.75, 3.05) is 20.1 Å². The summed E-state index contributed by atoms with van der Waals surface area (Å²) in [5, 5.41) is 2.74. The molecule has 0 heterocycles. The molecule has 0 saturated heterocycles. The van der Waals surface area contributed by atoms with Gasteiger partial charge < -0.3 is 10.2 Å². The molecule has 94 valence electrons. The van der Waals surface area contributed by atoms with E-state index < -0.39 is 0 Å². The molecule has 0 saturated carbocycles. The zero-order valence-electron chi connectivity index (χ0n) is 10.4. The van der Waals surface area contributed by atoms with Crippen LogP contribution in [0.2, 0.25) is 0 Å². The number of likely N-dealkylation sites (N-methyl/N-ethyl adjacent to an activating group) is 1. The Kier molecular flexibility index (Phi) is 7.38. The van der Waals surface area contributed by atoms with Gasteiger partial charge in [0, 0.05) is 13.6 Å². The van der Waals surface area contributed by atoms with Crippen molar-refractivity contribution in [2.24, 2.45) is 5.92 Å². The van der Waals surface area contributed by atoms with Crippen molar-refractivity contribution in [1.29, 1.82) is 0 Å². The lowest BCUT2D eigenvalue weighted by Gasteiger charge is -2.21. The van der Waals surface area contributed by atoms with Crippen LogP contribution >= 0.6 is 15.9 Å². The van der Waals surface area contributed by atoms with E-state index in [0.717, 1.165) is 6.42 Å². The summed E-state index contributed by atoms with van der Waals surface area (Å²) in [6.07, 6.45) is 0.899. The van der Waals surface area contributed by atoms with Gasteiger partial charge in [-0.1, -0.05) is 36.7 Å². The molecule has 0 aliphatic rings. The molecule has 1 unspecified atom stereocenters. The SMILES string of the molecule is CCCNC(=O)CN(C)C(=O)C(Br)C(C)C. The molecule has 0 aliphatic heterocycles. The molecular formula is C11H21BrN2O2. The third-order valence-electron chi connectivity index (χ3n) is 2.15. The van der Waals surface area contributed by atoms with Crippen LogP contribution in [0.25, 0.3) is 0 Å². The largest absolute Gasteiger partial charge is 0.355 e. The number of nitrogens with one attached hydrogen (secondary N) is 1. The van der Waals surface area contributed by atoms with E-state index in [1.165, 1.54) is 4.90 Å². The Morgan fingerprint density at radius 3 is 2.38 bits per heavy atom. The number of nitrogens with zero attached hydrogens (tertiary/aromatic N) is 1. The minimum atomic E-state index is -0.225. The predicted octanol–water partition coefficient (Wildman–Crippen LogP) is 1.39. The Bertz CT molecular complexity index is 244. The van der Waals surface area contributed by atoms with Crippen LogP contribution in [0.1, 0.15) is 27.2 Å². The highest BCUT2D eigenvalue weighted by molar-refractivity contribution is 9.10. The number of rotatable bonds is 6. The van der Waals surface area contributed by atoms with Crippen molar-refractivity contribution in [3.05, 3.63) is 0 Å². The number of carbonyl (C=O) groups excluding carboxylic acids is 2. The summed E-state index contributed by atoms with van der Waals surface area (Å²) in [7, 11) is 1.64. The molecule has 0 aromatic rings. The quantitative estimate of drug-likeness (QED) is 0.752. The lowest BCUT2D eigenvalue weighted by Crippen LogP contribution is -2.42. The lowest BCUT2D eigenvalue weighted by atomic mass is 10.1. The Balaban J connectivity index is 4.09. The van der Waals surface area contributed by atoms with Crippen LogP contribution in [0.4, 0.5) is 0 Å². The highest BCUT2D eigenvalue weighted by atomic mass is 79.9. The standard InChI is InChI=1S/C11H21BrN2O2/c1-5-6-13-9(15)7-14(4)11(16)10(12)8(2)3/h8,10H,5-7H2,1-4H3,(H,13,15). The maximum atomic E-state index is 11.8. The second-order valence-electron chi connectivity index (χ2n) is 4.19. The van der Waals surface area contributed by atoms with Gasteiger partial charge >= 0.3 is 0 Å². The van der Waals surface area contributed by atoms with Crippen LogP contribution in [0.3, 0.4) is 0 Å². The van der Waals surface area contributed by atoms with Crippen molar-refractivity contribution >= 4 is 27.7 Å². The number of halogens is 1. The summed E-state index contributed by atoms with van der Waals surface area (Å²) in [5.74, 6) is 0.0523. The fourth-order valence-electron chi connectivity index (χ4n) is 1.11. The predicted molar refractivity (Wildman–Crippen MR) is 68.5 cm³/mol. The Morgan fingerprint density at radius 1 is 1.38 bits per heavy atom. The van der Waals surface area contributed by atoms with Gasteiger partial charge in [0.05, 0.1) is 11.4 Å². The summed E-state index contributed by atoms with van der Waals surface area (Å²) < 4.78 is 0. The molecule has 0 aromatic heterocycles. The van der Waals surface area contributed by atoms with Crippen LogP contribution in [-0.2, 0) is 9.59 Å². The molecule has 0 radical (unpaired) electrons. The molecule has 0 aromatic carbocycles. The second-order valence-corrected chi connectivity index (χ2v) is 5.18. The molecule has 0 aliphatic carbocycles. The average molecular weight is 293 g/mol. The topological polar surface area (TPSA) is 49.4 Å². The van der Waals surface area contributed by atoms with E-state index in [1.807, 2.05) is 20.8 Å². The number of amides is 2. The molecule has 0 spiro atoms. The molecule has 0 bridgehead atoms. The summed E-state index contributed by atoms with van der Waals surface area (Å²) in [5.41, 5.74) is 0. The van der Waals surface area contributed by atoms with E-state index in [1.54, 1.807) is 7.05 Å². The normalized spacial score (nSPS) is 12.4. The molecule has 1 atom stereocenters. The smallest absolute Gasteiger partial charge is 0.239 e. The number of alkyl halides is 1. The van der Waals surface area contributed by atoms with Crippen molar-refractivity contribution in [1.82, 2.24) is 10.2 Å².